The molecule has 0 saturated heterocycles. The van der Waals surface area contributed by atoms with Gasteiger partial charge in [0.05, 0.1) is 11.3 Å². The highest BCUT2D eigenvalue weighted by Gasteiger charge is 2.26. The normalized spacial score (nSPS) is 17.3. The first kappa shape index (κ1) is 25.1. The van der Waals surface area contributed by atoms with Crippen molar-refractivity contribution in [3.05, 3.63) is 65.2 Å². The number of aryl methyl sites for hydroxylation is 1. The van der Waals surface area contributed by atoms with Crippen LogP contribution in [0.15, 0.2) is 42.7 Å². The van der Waals surface area contributed by atoms with E-state index in [1.54, 1.807) is 12.4 Å². The fourth-order valence-corrected chi connectivity index (χ4v) is 4.63. The molecule has 1 atom stereocenters. The van der Waals surface area contributed by atoms with Crippen molar-refractivity contribution in [2.24, 2.45) is 0 Å². The van der Waals surface area contributed by atoms with Gasteiger partial charge in [0.25, 0.3) is 5.91 Å². The van der Waals surface area contributed by atoms with E-state index < -0.39 is 0 Å². The molecule has 2 aliphatic rings. The zero-order valence-electron chi connectivity index (χ0n) is 22.4. The molecule has 2 heterocycles. The molecule has 0 radical (unpaired) electrons. The minimum Gasteiger partial charge on any atom is -0.349 e. The number of pyridine rings is 1. The van der Waals surface area contributed by atoms with E-state index in [9.17, 15) is 4.79 Å². The zero-order chi connectivity index (χ0) is 26.2. The number of hydrogen-bond donors (Lipinski definition) is 3. The van der Waals surface area contributed by atoms with Gasteiger partial charge in [-0.3, -0.25) is 4.79 Å². The minimum atomic E-state index is -0.188. The Labute approximate surface area is 219 Å². The first-order chi connectivity index (χ1) is 17.7. The van der Waals surface area contributed by atoms with Gasteiger partial charge in [-0.15, -0.1) is 0 Å². The Hall–Kier alpha value is -3.52. The fraction of sp³-hybridized carbons (Fsp3) is 0.448. The summed E-state index contributed by atoms with van der Waals surface area (Å²) in [7, 11) is 4.30. The molecule has 2 aromatic heterocycles. The van der Waals surface area contributed by atoms with Gasteiger partial charge in [0.15, 0.2) is 0 Å². The van der Waals surface area contributed by atoms with Crippen LogP contribution in [0, 0.1) is 0 Å². The SMILES string of the molecule is CN(C)C1CCc2ccc(Nc3cc(Nc4ccnc(C(C)(C)C)n4)c(C(=O)NC4CC4)cn3)cc2C1. The van der Waals surface area contributed by atoms with Gasteiger partial charge in [0.1, 0.15) is 17.5 Å². The van der Waals surface area contributed by atoms with E-state index in [1.165, 1.54) is 17.5 Å². The molecule has 3 aromatic rings. The fourth-order valence-electron chi connectivity index (χ4n) is 4.63. The van der Waals surface area contributed by atoms with Crippen LogP contribution in [-0.4, -0.2) is 51.9 Å². The van der Waals surface area contributed by atoms with Gasteiger partial charge in [-0.05, 0) is 75.5 Å². The number of hydrogen-bond acceptors (Lipinski definition) is 7. The van der Waals surface area contributed by atoms with Crippen LogP contribution in [0.1, 0.15) is 67.3 Å². The predicted molar refractivity (Wildman–Crippen MR) is 148 cm³/mol. The third kappa shape index (κ3) is 6.07. The highest BCUT2D eigenvalue weighted by Crippen LogP contribution is 2.30. The van der Waals surface area contributed by atoms with Gasteiger partial charge < -0.3 is 20.9 Å². The summed E-state index contributed by atoms with van der Waals surface area (Å²) in [5, 5.41) is 9.88. The number of aromatic nitrogens is 3. The lowest BCUT2D eigenvalue weighted by Gasteiger charge is -2.30. The second-order valence-corrected chi connectivity index (χ2v) is 11.5. The Balaban J connectivity index is 1.42. The summed E-state index contributed by atoms with van der Waals surface area (Å²) in [6.07, 6.45) is 8.76. The van der Waals surface area contributed by atoms with Crippen LogP contribution in [0.5, 0.6) is 0 Å². The first-order valence-electron chi connectivity index (χ1n) is 13.1. The Morgan fingerprint density at radius 2 is 1.78 bits per heavy atom. The van der Waals surface area contributed by atoms with Crippen molar-refractivity contribution in [3.8, 4) is 0 Å². The molecule has 0 spiro atoms. The largest absolute Gasteiger partial charge is 0.349 e. The summed E-state index contributed by atoms with van der Waals surface area (Å²) in [5.74, 6) is 1.91. The van der Waals surface area contributed by atoms with Crippen molar-refractivity contribution in [1.82, 2.24) is 25.2 Å². The maximum atomic E-state index is 13.0. The number of carbonyl (C=O) groups is 1. The maximum absolute atomic E-state index is 13.0. The highest BCUT2D eigenvalue weighted by molar-refractivity contribution is 6.00. The summed E-state index contributed by atoms with van der Waals surface area (Å²) in [6.45, 7) is 6.23. The van der Waals surface area contributed by atoms with Crippen molar-refractivity contribution in [3.63, 3.8) is 0 Å². The molecule has 1 saturated carbocycles. The maximum Gasteiger partial charge on any atom is 0.255 e. The zero-order valence-corrected chi connectivity index (χ0v) is 22.4. The van der Waals surface area contributed by atoms with Crippen molar-refractivity contribution < 1.29 is 4.79 Å². The molecule has 1 amide bonds. The van der Waals surface area contributed by atoms with Crippen molar-refractivity contribution in [2.45, 2.75) is 70.4 Å². The molecule has 194 valence electrons. The van der Waals surface area contributed by atoms with Crippen LogP contribution >= 0.6 is 0 Å². The number of carbonyl (C=O) groups excluding carboxylic acids is 1. The molecule has 3 N–H and O–H groups in total. The predicted octanol–water partition coefficient (Wildman–Crippen LogP) is 4.97. The topological polar surface area (TPSA) is 95.1 Å². The van der Waals surface area contributed by atoms with E-state index in [0.717, 1.165) is 37.2 Å². The first-order valence-corrected chi connectivity index (χ1v) is 13.1. The number of anilines is 4. The quantitative estimate of drug-likeness (QED) is 0.423. The molecule has 2 aliphatic carbocycles. The van der Waals surface area contributed by atoms with E-state index >= 15 is 0 Å². The van der Waals surface area contributed by atoms with Gasteiger partial charge in [0, 0.05) is 41.6 Å². The lowest BCUT2D eigenvalue weighted by atomic mass is 9.87. The average Bonchev–Trinajstić information content (AvgIpc) is 3.67. The molecular formula is C29H37N7O. The van der Waals surface area contributed by atoms with Gasteiger partial charge >= 0.3 is 0 Å². The summed E-state index contributed by atoms with van der Waals surface area (Å²) < 4.78 is 0. The van der Waals surface area contributed by atoms with Crippen LogP contribution in [-0.2, 0) is 18.3 Å². The Kier molecular flexibility index (Phi) is 6.86. The smallest absolute Gasteiger partial charge is 0.255 e. The van der Waals surface area contributed by atoms with Gasteiger partial charge in [0.2, 0.25) is 0 Å². The van der Waals surface area contributed by atoms with E-state index in [2.05, 4.69) is 83.9 Å². The van der Waals surface area contributed by atoms with E-state index in [1.807, 2.05) is 12.1 Å². The third-order valence-corrected chi connectivity index (χ3v) is 7.06. The number of nitrogens with one attached hydrogen (secondary N) is 3. The van der Waals surface area contributed by atoms with Crippen LogP contribution in [0.25, 0.3) is 0 Å². The van der Waals surface area contributed by atoms with E-state index in [-0.39, 0.29) is 17.4 Å². The lowest BCUT2D eigenvalue weighted by Crippen LogP contribution is -2.33. The molecule has 1 aromatic carbocycles. The highest BCUT2D eigenvalue weighted by atomic mass is 16.1. The number of amides is 1. The Morgan fingerprint density at radius 3 is 2.51 bits per heavy atom. The van der Waals surface area contributed by atoms with Crippen molar-refractivity contribution >= 4 is 28.9 Å². The summed E-state index contributed by atoms with van der Waals surface area (Å²) in [6, 6.07) is 11.1. The molecule has 1 unspecified atom stereocenters. The number of likely N-dealkylation sites (N-methyl/N-ethyl adjacent to an activating group) is 1. The van der Waals surface area contributed by atoms with Crippen LogP contribution < -0.4 is 16.0 Å². The van der Waals surface area contributed by atoms with Crippen LogP contribution in [0.2, 0.25) is 0 Å². The number of nitrogens with zero attached hydrogens (tertiary/aromatic N) is 4. The molecule has 8 nitrogen and oxygen atoms in total. The minimum absolute atomic E-state index is 0.127. The Bertz CT molecular complexity index is 1290. The van der Waals surface area contributed by atoms with Crippen LogP contribution in [0.3, 0.4) is 0 Å². The summed E-state index contributed by atoms with van der Waals surface area (Å²) >= 11 is 0. The summed E-state index contributed by atoms with van der Waals surface area (Å²) in [5.41, 5.74) is 4.75. The van der Waals surface area contributed by atoms with Gasteiger partial charge in [-0.1, -0.05) is 26.8 Å². The molecule has 0 bridgehead atoms. The monoisotopic (exact) mass is 499 g/mol. The number of benzene rings is 1. The molecule has 37 heavy (non-hydrogen) atoms. The van der Waals surface area contributed by atoms with E-state index in [0.29, 0.717) is 28.9 Å². The number of rotatable bonds is 7. The van der Waals surface area contributed by atoms with Crippen molar-refractivity contribution in [1.29, 1.82) is 0 Å². The van der Waals surface area contributed by atoms with E-state index in [4.69, 9.17) is 4.98 Å². The van der Waals surface area contributed by atoms with Gasteiger partial charge in [-0.25, -0.2) is 15.0 Å². The number of fused-ring (bicyclic) bond motifs is 1. The standard InChI is InChI=1S/C29H37N7O/c1-29(2,3)28-30-13-12-25(35-28)34-24-16-26(31-17-23(24)27(37)33-20-9-10-20)32-21-8-6-18-7-11-22(36(4)5)15-19(18)14-21/h6,8,12-14,16-17,20,22H,7,9-11,15H2,1-5H3,(H,33,37)(H2,30,31,32,34,35). The molecule has 1 fully saturated rings. The lowest BCUT2D eigenvalue weighted by molar-refractivity contribution is 0.0951. The third-order valence-electron chi connectivity index (χ3n) is 7.06. The second-order valence-electron chi connectivity index (χ2n) is 11.5. The van der Waals surface area contributed by atoms with Crippen molar-refractivity contribution in [2.75, 3.05) is 24.7 Å². The molecular weight excluding hydrogens is 462 g/mol. The molecule has 0 aliphatic heterocycles. The van der Waals surface area contributed by atoms with Crippen LogP contribution in [0.4, 0.5) is 23.0 Å². The molecule has 5 rings (SSSR count). The average molecular weight is 500 g/mol. The molecule has 8 heteroatoms. The Morgan fingerprint density at radius 1 is 0.973 bits per heavy atom. The van der Waals surface area contributed by atoms with Gasteiger partial charge in [-0.2, -0.15) is 0 Å². The summed E-state index contributed by atoms with van der Waals surface area (Å²) in [4.78, 5) is 29.0. The second kappa shape index (κ2) is 10.1.